The van der Waals surface area contributed by atoms with Gasteiger partial charge in [-0.1, -0.05) is 48.5 Å². The molecule has 1 aromatic heterocycles. The number of hydrogen-bond donors (Lipinski definition) is 0. The summed E-state index contributed by atoms with van der Waals surface area (Å²) in [5.74, 6) is -0.248. The largest absolute Gasteiger partial charge is 0.437 e. The Morgan fingerprint density at radius 3 is 2.40 bits per heavy atom. The summed E-state index contributed by atoms with van der Waals surface area (Å²) < 4.78 is 19.2. The summed E-state index contributed by atoms with van der Waals surface area (Å²) in [5, 5.41) is 2.01. The molecule has 0 spiro atoms. The molecule has 0 N–H and O–H groups in total. The first kappa shape index (κ1) is 20.4. The van der Waals surface area contributed by atoms with Crippen molar-refractivity contribution in [1.82, 2.24) is 4.90 Å². The zero-order valence-corrected chi connectivity index (χ0v) is 17.7. The van der Waals surface area contributed by atoms with E-state index in [0.717, 1.165) is 28.0 Å². The fourth-order valence-corrected chi connectivity index (χ4v) is 4.89. The standard InChI is InChI=1S/C25H24FNO2S/c1-3-14-25(23-5-4-17-30-23)15-16-27(24(28)29-25)18(2)19-6-8-20(9-7-19)21-10-12-22(26)13-11-21/h3-13,17-18H,1,14-16H2,2H3/t18-,25+/m0/s1. The smallest absolute Gasteiger partial charge is 0.411 e. The van der Waals surface area contributed by atoms with Crippen LogP contribution in [-0.4, -0.2) is 17.5 Å². The number of rotatable bonds is 6. The van der Waals surface area contributed by atoms with Crippen molar-refractivity contribution in [3.63, 3.8) is 0 Å². The van der Waals surface area contributed by atoms with Crippen LogP contribution in [0.4, 0.5) is 9.18 Å². The molecule has 0 bridgehead atoms. The molecule has 4 rings (SSSR count). The third-order valence-corrected chi connectivity index (χ3v) is 6.81. The van der Waals surface area contributed by atoms with Gasteiger partial charge in [-0.05, 0) is 47.2 Å². The van der Waals surface area contributed by atoms with E-state index in [2.05, 4.69) is 6.58 Å². The van der Waals surface area contributed by atoms with E-state index in [0.29, 0.717) is 13.0 Å². The van der Waals surface area contributed by atoms with Gasteiger partial charge in [0.15, 0.2) is 5.60 Å². The van der Waals surface area contributed by atoms with Crippen LogP contribution in [0.5, 0.6) is 0 Å². The third-order valence-electron chi connectivity index (χ3n) is 5.76. The van der Waals surface area contributed by atoms with Crippen LogP contribution in [0.3, 0.4) is 0 Å². The van der Waals surface area contributed by atoms with Gasteiger partial charge in [0.05, 0.1) is 6.04 Å². The van der Waals surface area contributed by atoms with Gasteiger partial charge in [-0.25, -0.2) is 9.18 Å². The summed E-state index contributed by atoms with van der Waals surface area (Å²) in [5.41, 5.74) is 2.38. The number of nitrogens with zero attached hydrogens (tertiary/aromatic N) is 1. The van der Waals surface area contributed by atoms with Gasteiger partial charge in [-0.2, -0.15) is 0 Å². The lowest BCUT2D eigenvalue weighted by molar-refractivity contribution is -0.0567. The average molecular weight is 422 g/mol. The van der Waals surface area contributed by atoms with E-state index in [1.807, 2.05) is 54.8 Å². The molecule has 0 aliphatic carbocycles. The van der Waals surface area contributed by atoms with E-state index in [9.17, 15) is 9.18 Å². The average Bonchev–Trinajstić information content (AvgIpc) is 3.30. The zero-order chi connectivity index (χ0) is 21.1. The van der Waals surface area contributed by atoms with Gasteiger partial charge in [0.2, 0.25) is 0 Å². The number of cyclic esters (lactones) is 1. The first-order chi connectivity index (χ1) is 14.5. The Labute approximate surface area is 180 Å². The summed E-state index contributed by atoms with van der Waals surface area (Å²) in [6.45, 7) is 6.48. The molecule has 5 heteroatoms. The van der Waals surface area contributed by atoms with Crippen LogP contribution in [0.1, 0.15) is 36.2 Å². The fraction of sp³-hybridized carbons (Fsp3) is 0.240. The number of benzene rings is 2. The monoisotopic (exact) mass is 421 g/mol. The third kappa shape index (κ3) is 3.90. The molecule has 0 saturated carbocycles. The van der Waals surface area contributed by atoms with Crippen molar-refractivity contribution in [2.45, 2.75) is 31.4 Å². The predicted octanol–water partition coefficient (Wildman–Crippen LogP) is 6.93. The van der Waals surface area contributed by atoms with Gasteiger partial charge >= 0.3 is 6.09 Å². The van der Waals surface area contributed by atoms with Gasteiger partial charge in [-0.15, -0.1) is 17.9 Å². The number of thiophene rings is 1. The lowest BCUT2D eigenvalue weighted by Crippen LogP contribution is -2.48. The summed E-state index contributed by atoms with van der Waals surface area (Å²) in [4.78, 5) is 15.8. The van der Waals surface area contributed by atoms with Crippen LogP contribution in [0, 0.1) is 5.82 Å². The topological polar surface area (TPSA) is 29.5 Å². The number of hydrogen-bond acceptors (Lipinski definition) is 3. The molecule has 0 unspecified atom stereocenters. The Bertz CT molecular complexity index is 1010. The Hall–Kier alpha value is -2.92. The molecule has 1 fully saturated rings. The van der Waals surface area contributed by atoms with Gasteiger partial charge < -0.3 is 9.64 Å². The molecule has 2 heterocycles. The lowest BCUT2D eigenvalue weighted by atomic mass is 9.91. The molecule has 30 heavy (non-hydrogen) atoms. The normalized spacial score (nSPS) is 19.9. The maximum Gasteiger partial charge on any atom is 0.411 e. The van der Waals surface area contributed by atoms with E-state index in [-0.39, 0.29) is 18.0 Å². The van der Waals surface area contributed by atoms with Gasteiger partial charge in [0, 0.05) is 24.3 Å². The highest BCUT2D eigenvalue weighted by molar-refractivity contribution is 7.10. The quantitative estimate of drug-likeness (QED) is 0.404. The van der Waals surface area contributed by atoms with Crippen molar-refractivity contribution in [1.29, 1.82) is 0 Å². The lowest BCUT2D eigenvalue weighted by Gasteiger charge is -2.42. The van der Waals surface area contributed by atoms with Crippen molar-refractivity contribution in [3.8, 4) is 11.1 Å². The molecule has 1 saturated heterocycles. The second kappa shape index (κ2) is 8.44. The van der Waals surface area contributed by atoms with Crippen LogP contribution < -0.4 is 0 Å². The molecule has 1 aliphatic rings. The first-order valence-corrected chi connectivity index (χ1v) is 10.9. The van der Waals surface area contributed by atoms with Gasteiger partial charge in [-0.3, -0.25) is 0 Å². The highest BCUT2D eigenvalue weighted by Gasteiger charge is 2.43. The van der Waals surface area contributed by atoms with Gasteiger partial charge in [0.1, 0.15) is 5.82 Å². The Balaban J connectivity index is 1.50. The van der Waals surface area contributed by atoms with Crippen LogP contribution in [-0.2, 0) is 10.3 Å². The highest BCUT2D eigenvalue weighted by Crippen LogP contribution is 2.41. The molecular weight excluding hydrogens is 397 g/mol. The first-order valence-electron chi connectivity index (χ1n) is 10.0. The van der Waals surface area contributed by atoms with Crippen molar-refractivity contribution in [3.05, 3.63) is 95.0 Å². The predicted molar refractivity (Wildman–Crippen MR) is 119 cm³/mol. The Morgan fingerprint density at radius 1 is 1.17 bits per heavy atom. The molecule has 3 aromatic rings. The Morgan fingerprint density at radius 2 is 1.83 bits per heavy atom. The van der Waals surface area contributed by atoms with Crippen LogP contribution >= 0.6 is 11.3 Å². The second-order valence-corrected chi connectivity index (χ2v) is 8.53. The van der Waals surface area contributed by atoms with Crippen molar-refractivity contribution < 1.29 is 13.9 Å². The van der Waals surface area contributed by atoms with Crippen molar-refractivity contribution >= 4 is 17.4 Å². The maximum atomic E-state index is 13.2. The summed E-state index contributed by atoms with van der Waals surface area (Å²) in [6.07, 6.45) is 2.85. The molecule has 2 aromatic carbocycles. The van der Waals surface area contributed by atoms with Crippen molar-refractivity contribution in [2.75, 3.05) is 6.54 Å². The number of carbonyl (C=O) groups excluding carboxylic acids is 1. The molecule has 0 radical (unpaired) electrons. The minimum absolute atomic E-state index is 0.107. The highest BCUT2D eigenvalue weighted by atomic mass is 32.1. The van der Waals surface area contributed by atoms with Gasteiger partial charge in [0.25, 0.3) is 0 Å². The molecular formula is C25H24FNO2S. The van der Waals surface area contributed by atoms with E-state index >= 15 is 0 Å². The minimum atomic E-state index is -0.615. The van der Waals surface area contributed by atoms with Crippen LogP contribution in [0.15, 0.2) is 78.7 Å². The number of amides is 1. The zero-order valence-electron chi connectivity index (χ0n) is 16.9. The maximum absolute atomic E-state index is 13.2. The number of carbonyl (C=O) groups is 1. The van der Waals surface area contributed by atoms with E-state index in [4.69, 9.17) is 4.74 Å². The summed E-state index contributed by atoms with van der Waals surface area (Å²) >= 11 is 1.61. The number of halogens is 1. The second-order valence-electron chi connectivity index (χ2n) is 7.58. The fourth-order valence-electron chi connectivity index (χ4n) is 3.99. The van der Waals surface area contributed by atoms with Crippen LogP contribution in [0.2, 0.25) is 0 Å². The van der Waals surface area contributed by atoms with E-state index in [1.54, 1.807) is 28.4 Å². The Kier molecular flexibility index (Phi) is 5.73. The molecule has 1 aliphatic heterocycles. The summed E-state index contributed by atoms with van der Waals surface area (Å²) in [6, 6.07) is 18.4. The molecule has 2 atom stereocenters. The molecule has 154 valence electrons. The number of ether oxygens (including phenoxy) is 1. The SMILES string of the molecule is C=CC[C@]1(c2cccs2)CCN([C@@H](C)c2ccc(-c3ccc(F)cc3)cc2)C(=O)O1. The van der Waals surface area contributed by atoms with E-state index in [1.165, 1.54) is 12.1 Å². The van der Waals surface area contributed by atoms with E-state index < -0.39 is 5.60 Å². The van der Waals surface area contributed by atoms with Crippen molar-refractivity contribution in [2.24, 2.45) is 0 Å². The van der Waals surface area contributed by atoms with Crippen LogP contribution in [0.25, 0.3) is 11.1 Å². The molecule has 3 nitrogen and oxygen atoms in total. The molecule has 1 amide bonds. The minimum Gasteiger partial charge on any atom is -0.437 e. The summed E-state index contributed by atoms with van der Waals surface area (Å²) in [7, 11) is 0.